The number of para-hydroxylation sites is 1. The van der Waals surface area contributed by atoms with E-state index in [1.807, 2.05) is 37.6 Å². The summed E-state index contributed by atoms with van der Waals surface area (Å²) in [4.78, 5) is 28.4. The molecule has 1 heterocycles. The molecule has 1 N–H and O–H groups in total. The molecule has 0 radical (unpaired) electrons. The van der Waals surface area contributed by atoms with Crippen molar-refractivity contribution in [3.8, 4) is 0 Å². The second kappa shape index (κ2) is 7.95. The fraction of sp³-hybridized carbons (Fsp3) is 0.579. The van der Waals surface area contributed by atoms with Crippen LogP contribution in [0.2, 0.25) is 0 Å². The van der Waals surface area contributed by atoms with Gasteiger partial charge in [0, 0.05) is 31.6 Å². The minimum absolute atomic E-state index is 0.142. The molecule has 1 aromatic rings. The maximum atomic E-state index is 13.6. The maximum Gasteiger partial charge on any atom is 0.238 e. The van der Waals surface area contributed by atoms with Crippen LogP contribution in [0.4, 0.5) is 10.1 Å². The van der Waals surface area contributed by atoms with Gasteiger partial charge in [-0.2, -0.15) is 0 Å². The Bertz CT molecular complexity index is 619. The first-order valence-corrected chi connectivity index (χ1v) is 8.72. The molecule has 1 aromatic carbocycles. The van der Waals surface area contributed by atoms with Crippen molar-refractivity contribution >= 4 is 17.5 Å². The van der Waals surface area contributed by atoms with Gasteiger partial charge in [0.2, 0.25) is 11.8 Å². The van der Waals surface area contributed by atoms with Crippen LogP contribution in [0.5, 0.6) is 0 Å². The third-order valence-electron chi connectivity index (χ3n) is 4.58. The SMILES string of the molecule is CN(C(=O)C(C)(C)C)C1CCN(CC(=O)Nc2ccccc2F)CC1. The van der Waals surface area contributed by atoms with E-state index < -0.39 is 5.82 Å². The average molecular weight is 349 g/mol. The summed E-state index contributed by atoms with van der Waals surface area (Å²) in [7, 11) is 1.86. The van der Waals surface area contributed by atoms with E-state index in [0.29, 0.717) is 0 Å². The Labute approximate surface area is 149 Å². The molecule has 2 amide bonds. The molecule has 5 nitrogen and oxygen atoms in total. The number of nitrogens with zero attached hydrogens (tertiary/aromatic N) is 2. The molecule has 2 rings (SSSR count). The van der Waals surface area contributed by atoms with Crippen LogP contribution in [0.3, 0.4) is 0 Å². The van der Waals surface area contributed by atoms with E-state index in [1.165, 1.54) is 6.07 Å². The summed E-state index contributed by atoms with van der Waals surface area (Å²) in [5.41, 5.74) is -0.177. The van der Waals surface area contributed by atoms with Gasteiger partial charge < -0.3 is 10.2 Å². The second-order valence-corrected chi connectivity index (χ2v) is 7.70. The highest BCUT2D eigenvalue weighted by molar-refractivity contribution is 5.92. The lowest BCUT2D eigenvalue weighted by Gasteiger charge is -2.38. The Morgan fingerprint density at radius 2 is 1.84 bits per heavy atom. The Kier molecular flexibility index (Phi) is 6.16. The topological polar surface area (TPSA) is 52.7 Å². The highest BCUT2D eigenvalue weighted by Crippen LogP contribution is 2.22. The van der Waals surface area contributed by atoms with Crippen LogP contribution in [0.1, 0.15) is 33.6 Å². The maximum absolute atomic E-state index is 13.6. The lowest BCUT2D eigenvalue weighted by molar-refractivity contribution is -0.141. The zero-order valence-corrected chi connectivity index (χ0v) is 15.5. The van der Waals surface area contributed by atoms with E-state index in [2.05, 4.69) is 5.32 Å². The van der Waals surface area contributed by atoms with E-state index in [9.17, 15) is 14.0 Å². The standard InChI is InChI=1S/C19H28FN3O2/c1-19(2,3)18(25)22(4)14-9-11-23(12-10-14)13-17(24)21-16-8-6-5-7-15(16)20/h5-8,14H,9-13H2,1-4H3,(H,21,24). The Hall–Kier alpha value is -1.95. The Balaban J connectivity index is 1.81. The van der Waals surface area contributed by atoms with Crippen molar-refractivity contribution in [2.45, 2.75) is 39.7 Å². The summed E-state index contributed by atoms with van der Waals surface area (Å²) in [6.07, 6.45) is 1.68. The fourth-order valence-electron chi connectivity index (χ4n) is 3.12. The van der Waals surface area contributed by atoms with Gasteiger partial charge in [0.1, 0.15) is 5.82 Å². The number of amides is 2. The normalized spacial score (nSPS) is 16.5. The number of anilines is 1. The Morgan fingerprint density at radius 3 is 2.40 bits per heavy atom. The van der Waals surface area contributed by atoms with Gasteiger partial charge in [-0.1, -0.05) is 32.9 Å². The summed E-state index contributed by atoms with van der Waals surface area (Å²) in [6, 6.07) is 6.35. The summed E-state index contributed by atoms with van der Waals surface area (Å²) in [5.74, 6) is -0.511. The zero-order chi connectivity index (χ0) is 18.6. The third-order valence-corrected chi connectivity index (χ3v) is 4.58. The number of halogens is 1. The molecule has 0 saturated carbocycles. The number of benzene rings is 1. The molecule has 1 fully saturated rings. The molecule has 0 unspecified atom stereocenters. The number of likely N-dealkylation sites (tertiary alicyclic amines) is 1. The minimum Gasteiger partial charge on any atom is -0.342 e. The summed E-state index contributed by atoms with van der Waals surface area (Å²) >= 11 is 0. The molecular formula is C19H28FN3O2. The average Bonchev–Trinajstić information content (AvgIpc) is 2.55. The number of piperidine rings is 1. The Morgan fingerprint density at radius 1 is 1.24 bits per heavy atom. The summed E-state index contributed by atoms with van der Waals surface area (Å²) in [6.45, 7) is 7.50. The van der Waals surface area contributed by atoms with Crippen LogP contribution in [0, 0.1) is 11.2 Å². The molecule has 0 aliphatic carbocycles. The van der Waals surface area contributed by atoms with Crippen molar-refractivity contribution in [2.75, 3.05) is 32.0 Å². The molecular weight excluding hydrogens is 321 g/mol. The molecule has 0 atom stereocenters. The van der Waals surface area contributed by atoms with Gasteiger partial charge in [-0.25, -0.2) is 4.39 Å². The van der Waals surface area contributed by atoms with E-state index >= 15 is 0 Å². The molecule has 0 spiro atoms. The molecule has 25 heavy (non-hydrogen) atoms. The minimum atomic E-state index is -0.433. The van der Waals surface area contributed by atoms with E-state index in [4.69, 9.17) is 0 Å². The zero-order valence-electron chi connectivity index (χ0n) is 15.5. The molecule has 0 aromatic heterocycles. The van der Waals surface area contributed by atoms with E-state index in [-0.39, 0.29) is 35.5 Å². The number of hydrogen-bond donors (Lipinski definition) is 1. The quantitative estimate of drug-likeness (QED) is 0.909. The number of carbonyl (C=O) groups is 2. The van der Waals surface area contributed by atoms with Crippen molar-refractivity contribution in [2.24, 2.45) is 5.41 Å². The van der Waals surface area contributed by atoms with Crippen molar-refractivity contribution in [1.29, 1.82) is 0 Å². The van der Waals surface area contributed by atoms with Gasteiger partial charge in [0.15, 0.2) is 0 Å². The first kappa shape index (κ1) is 19.4. The number of nitrogens with one attached hydrogen (secondary N) is 1. The van der Waals surface area contributed by atoms with Crippen LogP contribution in [-0.4, -0.2) is 54.3 Å². The molecule has 1 aliphatic heterocycles. The predicted molar refractivity (Wildman–Crippen MR) is 96.7 cm³/mol. The lowest BCUT2D eigenvalue weighted by atomic mass is 9.92. The number of hydrogen-bond acceptors (Lipinski definition) is 3. The van der Waals surface area contributed by atoms with Crippen molar-refractivity contribution in [3.05, 3.63) is 30.1 Å². The van der Waals surface area contributed by atoms with Crippen LogP contribution in [0.15, 0.2) is 24.3 Å². The van der Waals surface area contributed by atoms with Crippen LogP contribution < -0.4 is 5.32 Å². The number of rotatable bonds is 4. The van der Waals surface area contributed by atoms with Crippen LogP contribution >= 0.6 is 0 Å². The molecule has 0 bridgehead atoms. The third kappa shape index (κ3) is 5.26. The first-order valence-electron chi connectivity index (χ1n) is 8.72. The molecule has 1 saturated heterocycles. The van der Waals surface area contributed by atoms with E-state index in [1.54, 1.807) is 18.2 Å². The van der Waals surface area contributed by atoms with Gasteiger partial charge in [-0.3, -0.25) is 14.5 Å². The predicted octanol–water partition coefficient (Wildman–Crippen LogP) is 2.73. The van der Waals surface area contributed by atoms with Gasteiger partial charge in [0.05, 0.1) is 12.2 Å². The first-order chi connectivity index (χ1) is 11.7. The fourth-order valence-corrected chi connectivity index (χ4v) is 3.12. The number of carbonyl (C=O) groups excluding carboxylic acids is 2. The summed E-state index contributed by atoms with van der Waals surface area (Å²) < 4.78 is 13.6. The smallest absolute Gasteiger partial charge is 0.238 e. The van der Waals surface area contributed by atoms with Crippen LogP contribution in [-0.2, 0) is 9.59 Å². The van der Waals surface area contributed by atoms with Crippen molar-refractivity contribution in [1.82, 2.24) is 9.80 Å². The molecule has 138 valence electrons. The lowest BCUT2D eigenvalue weighted by Crippen LogP contribution is -2.49. The van der Waals surface area contributed by atoms with E-state index in [0.717, 1.165) is 25.9 Å². The van der Waals surface area contributed by atoms with Gasteiger partial charge in [0.25, 0.3) is 0 Å². The monoisotopic (exact) mass is 349 g/mol. The van der Waals surface area contributed by atoms with Crippen molar-refractivity contribution < 1.29 is 14.0 Å². The van der Waals surface area contributed by atoms with Crippen LogP contribution in [0.25, 0.3) is 0 Å². The van der Waals surface area contributed by atoms with Gasteiger partial charge >= 0.3 is 0 Å². The van der Waals surface area contributed by atoms with Gasteiger partial charge in [-0.15, -0.1) is 0 Å². The summed E-state index contributed by atoms with van der Waals surface area (Å²) in [5, 5.41) is 2.61. The molecule has 6 heteroatoms. The largest absolute Gasteiger partial charge is 0.342 e. The highest BCUT2D eigenvalue weighted by Gasteiger charge is 2.31. The van der Waals surface area contributed by atoms with Crippen molar-refractivity contribution in [3.63, 3.8) is 0 Å². The highest BCUT2D eigenvalue weighted by atomic mass is 19.1. The molecule has 1 aliphatic rings. The van der Waals surface area contributed by atoms with Gasteiger partial charge in [-0.05, 0) is 25.0 Å². The second-order valence-electron chi connectivity index (χ2n) is 7.70.